The predicted octanol–water partition coefficient (Wildman–Crippen LogP) is 3.06. The number of ether oxygens (including phenoxy) is 2. The second kappa shape index (κ2) is 8.81. The maximum absolute atomic E-state index is 12.8. The lowest BCUT2D eigenvalue weighted by Gasteiger charge is -2.14. The molecule has 0 saturated carbocycles. The van der Waals surface area contributed by atoms with Crippen molar-refractivity contribution in [2.45, 2.75) is 23.8 Å². The highest BCUT2D eigenvalue weighted by molar-refractivity contribution is 7.92. The molecule has 1 aliphatic heterocycles. The van der Waals surface area contributed by atoms with Crippen LogP contribution < -0.4 is 14.8 Å². The van der Waals surface area contributed by atoms with E-state index in [0.29, 0.717) is 18.9 Å². The van der Waals surface area contributed by atoms with Crippen molar-refractivity contribution in [3.05, 3.63) is 53.1 Å². The van der Waals surface area contributed by atoms with Gasteiger partial charge in [-0.05, 0) is 43.2 Å². The molecule has 3 rings (SSSR count). The van der Waals surface area contributed by atoms with E-state index in [1.165, 1.54) is 25.3 Å². The highest BCUT2D eigenvalue weighted by atomic mass is 35.5. The van der Waals surface area contributed by atoms with E-state index in [2.05, 4.69) is 10.0 Å². The molecular weight excluding hydrogens is 404 g/mol. The van der Waals surface area contributed by atoms with Gasteiger partial charge in [0.2, 0.25) is 0 Å². The van der Waals surface area contributed by atoms with E-state index < -0.39 is 10.0 Å². The summed E-state index contributed by atoms with van der Waals surface area (Å²) in [5.41, 5.74) is 0.470. The summed E-state index contributed by atoms with van der Waals surface area (Å²) in [6, 6.07) is 10.7. The maximum atomic E-state index is 12.8. The minimum Gasteiger partial charge on any atom is -0.495 e. The Hall–Kier alpha value is -2.29. The molecule has 0 aliphatic carbocycles. The Labute approximate surface area is 169 Å². The average molecular weight is 425 g/mol. The first kappa shape index (κ1) is 20.4. The molecule has 150 valence electrons. The highest BCUT2D eigenvalue weighted by Gasteiger charge is 2.22. The third kappa shape index (κ3) is 4.76. The summed E-state index contributed by atoms with van der Waals surface area (Å²) < 4.78 is 38.7. The van der Waals surface area contributed by atoms with Gasteiger partial charge in [0, 0.05) is 18.7 Å². The molecule has 0 aromatic heterocycles. The number of para-hydroxylation sites is 2. The van der Waals surface area contributed by atoms with Crippen LogP contribution in [0.2, 0.25) is 5.02 Å². The molecule has 1 heterocycles. The Morgan fingerprint density at radius 1 is 1.29 bits per heavy atom. The van der Waals surface area contributed by atoms with Gasteiger partial charge in [0.05, 0.1) is 23.9 Å². The van der Waals surface area contributed by atoms with Crippen molar-refractivity contribution in [1.29, 1.82) is 0 Å². The molecule has 2 aromatic carbocycles. The first-order chi connectivity index (χ1) is 13.4. The summed E-state index contributed by atoms with van der Waals surface area (Å²) in [6.07, 6.45) is 1.86. The van der Waals surface area contributed by atoms with E-state index in [0.717, 1.165) is 12.8 Å². The molecule has 2 N–H and O–H groups in total. The quantitative estimate of drug-likeness (QED) is 0.712. The summed E-state index contributed by atoms with van der Waals surface area (Å²) in [7, 11) is -2.59. The van der Waals surface area contributed by atoms with Crippen LogP contribution in [0.15, 0.2) is 47.4 Å². The monoisotopic (exact) mass is 424 g/mol. The Bertz CT molecular complexity index is 959. The zero-order valence-corrected chi connectivity index (χ0v) is 16.8. The summed E-state index contributed by atoms with van der Waals surface area (Å²) in [5.74, 6) is -0.0198. The number of amides is 1. The number of nitrogens with one attached hydrogen (secondary N) is 2. The minimum atomic E-state index is -4.03. The van der Waals surface area contributed by atoms with Crippen LogP contribution in [-0.2, 0) is 14.8 Å². The van der Waals surface area contributed by atoms with Crippen LogP contribution in [0.25, 0.3) is 0 Å². The van der Waals surface area contributed by atoms with Crippen molar-refractivity contribution in [2.75, 3.05) is 25.0 Å². The lowest BCUT2D eigenvalue weighted by atomic mass is 10.2. The van der Waals surface area contributed by atoms with Crippen molar-refractivity contribution in [2.24, 2.45) is 0 Å². The van der Waals surface area contributed by atoms with Gasteiger partial charge >= 0.3 is 0 Å². The molecule has 0 radical (unpaired) electrons. The van der Waals surface area contributed by atoms with Crippen molar-refractivity contribution >= 4 is 33.2 Å². The molecule has 0 bridgehead atoms. The summed E-state index contributed by atoms with van der Waals surface area (Å²) >= 11 is 6.10. The Morgan fingerprint density at radius 2 is 2.07 bits per heavy atom. The van der Waals surface area contributed by atoms with Crippen LogP contribution in [0.1, 0.15) is 23.2 Å². The number of anilines is 1. The van der Waals surface area contributed by atoms with Gasteiger partial charge in [0.15, 0.2) is 0 Å². The van der Waals surface area contributed by atoms with Gasteiger partial charge in [-0.2, -0.15) is 0 Å². The number of halogens is 1. The molecule has 2 aromatic rings. The molecule has 28 heavy (non-hydrogen) atoms. The molecular formula is C19H21ClN2O5S. The molecule has 1 saturated heterocycles. The zero-order chi connectivity index (χ0) is 20.1. The topological polar surface area (TPSA) is 93.7 Å². The first-order valence-electron chi connectivity index (χ1n) is 8.76. The fourth-order valence-electron chi connectivity index (χ4n) is 2.89. The largest absolute Gasteiger partial charge is 0.495 e. The molecule has 9 heteroatoms. The summed E-state index contributed by atoms with van der Waals surface area (Å²) in [4.78, 5) is 12.2. The van der Waals surface area contributed by atoms with Crippen LogP contribution in [0.4, 0.5) is 5.69 Å². The fraction of sp³-hybridized carbons (Fsp3) is 0.316. The van der Waals surface area contributed by atoms with E-state index in [-0.39, 0.29) is 33.2 Å². The van der Waals surface area contributed by atoms with Crippen molar-refractivity contribution in [3.63, 3.8) is 0 Å². The first-order valence-corrected chi connectivity index (χ1v) is 10.6. The molecule has 1 amide bonds. The number of hydrogen-bond donors (Lipinski definition) is 2. The third-order valence-electron chi connectivity index (χ3n) is 4.35. The number of hydrogen-bond acceptors (Lipinski definition) is 5. The van der Waals surface area contributed by atoms with E-state index in [9.17, 15) is 13.2 Å². The average Bonchev–Trinajstić information content (AvgIpc) is 3.20. The van der Waals surface area contributed by atoms with E-state index in [1.54, 1.807) is 24.3 Å². The van der Waals surface area contributed by atoms with Gasteiger partial charge in [0.25, 0.3) is 15.9 Å². The van der Waals surface area contributed by atoms with Crippen LogP contribution in [-0.4, -0.2) is 40.7 Å². The van der Waals surface area contributed by atoms with Gasteiger partial charge in [-0.15, -0.1) is 0 Å². The van der Waals surface area contributed by atoms with E-state index >= 15 is 0 Å². The number of methoxy groups -OCH3 is 1. The number of rotatable bonds is 7. The second-order valence-corrected chi connectivity index (χ2v) is 8.35. The molecule has 1 unspecified atom stereocenters. The SMILES string of the molecule is COc1ccccc1NS(=O)(=O)c1cc(C(=O)NCC2CCCO2)ccc1Cl. The normalized spacial score (nSPS) is 16.6. The molecule has 7 nitrogen and oxygen atoms in total. The lowest BCUT2D eigenvalue weighted by Crippen LogP contribution is -2.31. The molecule has 1 fully saturated rings. The van der Waals surface area contributed by atoms with Crippen LogP contribution >= 0.6 is 11.6 Å². The summed E-state index contributed by atoms with van der Waals surface area (Å²) in [5, 5.41) is 2.78. The second-order valence-electron chi connectivity index (χ2n) is 6.30. The highest BCUT2D eigenvalue weighted by Crippen LogP contribution is 2.29. The zero-order valence-electron chi connectivity index (χ0n) is 15.3. The maximum Gasteiger partial charge on any atom is 0.263 e. The van der Waals surface area contributed by atoms with E-state index in [1.807, 2.05) is 0 Å². The Kier molecular flexibility index (Phi) is 6.43. The fourth-order valence-corrected chi connectivity index (χ4v) is 4.49. The standard InChI is InChI=1S/C19H21ClN2O5S/c1-26-17-7-3-2-6-16(17)22-28(24,25)18-11-13(8-9-15(18)20)19(23)21-12-14-5-4-10-27-14/h2-3,6-9,11,14,22H,4-5,10,12H2,1H3,(H,21,23). The van der Waals surface area contributed by atoms with Gasteiger partial charge in [0.1, 0.15) is 10.6 Å². The lowest BCUT2D eigenvalue weighted by molar-refractivity contribution is 0.0857. The van der Waals surface area contributed by atoms with Crippen molar-refractivity contribution in [1.82, 2.24) is 5.32 Å². The minimum absolute atomic E-state index is 0.00772. The Balaban J connectivity index is 1.80. The van der Waals surface area contributed by atoms with Crippen LogP contribution in [0, 0.1) is 0 Å². The third-order valence-corrected chi connectivity index (χ3v) is 6.20. The number of carbonyl (C=O) groups excluding carboxylic acids is 1. The Morgan fingerprint density at radius 3 is 2.79 bits per heavy atom. The van der Waals surface area contributed by atoms with Crippen LogP contribution in [0.3, 0.4) is 0 Å². The number of carbonyl (C=O) groups is 1. The van der Waals surface area contributed by atoms with Gasteiger partial charge in [-0.3, -0.25) is 9.52 Å². The molecule has 1 atom stereocenters. The van der Waals surface area contributed by atoms with Crippen LogP contribution in [0.5, 0.6) is 5.75 Å². The number of sulfonamides is 1. The summed E-state index contributed by atoms with van der Waals surface area (Å²) in [6.45, 7) is 1.07. The number of benzene rings is 2. The van der Waals surface area contributed by atoms with Crippen molar-refractivity contribution in [3.8, 4) is 5.75 Å². The van der Waals surface area contributed by atoms with Gasteiger partial charge < -0.3 is 14.8 Å². The van der Waals surface area contributed by atoms with Crippen molar-refractivity contribution < 1.29 is 22.7 Å². The molecule has 1 aliphatic rings. The van der Waals surface area contributed by atoms with Gasteiger partial charge in [-0.25, -0.2) is 8.42 Å². The molecule has 0 spiro atoms. The van der Waals surface area contributed by atoms with Gasteiger partial charge in [-0.1, -0.05) is 23.7 Å². The van der Waals surface area contributed by atoms with E-state index in [4.69, 9.17) is 21.1 Å². The predicted molar refractivity (Wildman–Crippen MR) is 107 cm³/mol. The smallest absolute Gasteiger partial charge is 0.263 e.